The molecule has 5 aliphatic heterocycles. The minimum absolute atomic E-state index is 0.496. The van der Waals surface area contributed by atoms with Crippen molar-refractivity contribution in [1.29, 1.82) is 0 Å². The van der Waals surface area contributed by atoms with Gasteiger partial charge < -0.3 is 10.6 Å². The Labute approximate surface area is 138 Å². The van der Waals surface area contributed by atoms with Gasteiger partial charge in [-0.3, -0.25) is 9.98 Å². The fraction of sp³-hybridized carbons (Fsp3) is 0.684. The molecule has 5 rings (SSSR count). The third-order valence-electron chi connectivity index (χ3n) is 6.07. The van der Waals surface area contributed by atoms with Crippen molar-refractivity contribution >= 4 is 11.4 Å². The summed E-state index contributed by atoms with van der Waals surface area (Å²) in [6, 6.07) is 2.27. The van der Waals surface area contributed by atoms with Crippen molar-refractivity contribution in [3.05, 3.63) is 23.5 Å². The molecule has 0 aromatic heterocycles. The van der Waals surface area contributed by atoms with Crippen LogP contribution in [0.3, 0.4) is 0 Å². The molecule has 4 unspecified atom stereocenters. The topological polar surface area (TPSA) is 48.8 Å². The Kier molecular flexibility index (Phi) is 3.39. The Morgan fingerprint density at radius 3 is 2.48 bits per heavy atom. The van der Waals surface area contributed by atoms with E-state index in [0.717, 1.165) is 25.7 Å². The smallest absolute Gasteiger partial charge is 0.0659 e. The zero-order valence-electron chi connectivity index (χ0n) is 13.7. The van der Waals surface area contributed by atoms with Crippen LogP contribution < -0.4 is 10.6 Å². The predicted molar refractivity (Wildman–Crippen MR) is 94.0 cm³/mol. The van der Waals surface area contributed by atoms with E-state index in [1.807, 2.05) is 0 Å². The lowest BCUT2D eigenvalue weighted by atomic mass is 10.0. The van der Waals surface area contributed by atoms with Crippen molar-refractivity contribution in [3.8, 4) is 0 Å². The predicted octanol–water partition coefficient (Wildman–Crippen LogP) is 2.87. The van der Waals surface area contributed by atoms with E-state index in [-0.39, 0.29) is 0 Å². The number of hydrogen-bond donors (Lipinski definition) is 2. The van der Waals surface area contributed by atoms with Crippen LogP contribution in [-0.2, 0) is 0 Å². The van der Waals surface area contributed by atoms with Crippen molar-refractivity contribution in [2.24, 2.45) is 9.98 Å². The summed E-state index contributed by atoms with van der Waals surface area (Å²) >= 11 is 0. The van der Waals surface area contributed by atoms with Gasteiger partial charge in [0.15, 0.2) is 0 Å². The molecule has 4 heteroatoms. The van der Waals surface area contributed by atoms with Crippen LogP contribution in [0.4, 0.5) is 0 Å². The first-order chi connectivity index (χ1) is 11.3. The quantitative estimate of drug-likeness (QED) is 0.723. The molecule has 5 aliphatic rings. The second-order valence-electron chi connectivity index (χ2n) is 7.79. The van der Waals surface area contributed by atoms with Gasteiger partial charge in [-0.1, -0.05) is 0 Å². The van der Waals surface area contributed by atoms with Crippen LogP contribution in [-0.4, -0.2) is 35.6 Å². The molecule has 23 heavy (non-hydrogen) atoms. The lowest BCUT2D eigenvalue weighted by Crippen LogP contribution is -2.37. The van der Waals surface area contributed by atoms with E-state index in [0.29, 0.717) is 24.2 Å². The normalized spacial score (nSPS) is 43.5. The van der Waals surface area contributed by atoms with Gasteiger partial charge in [-0.25, -0.2) is 0 Å². The summed E-state index contributed by atoms with van der Waals surface area (Å²) in [7, 11) is 0. The number of rotatable bonds is 0. The molecule has 0 aliphatic carbocycles. The first-order valence-electron chi connectivity index (χ1n) is 9.39. The number of allylic oxidation sites excluding steroid dienone is 4. The maximum absolute atomic E-state index is 5.03. The highest BCUT2D eigenvalue weighted by Gasteiger charge is 2.34. The van der Waals surface area contributed by atoms with Crippen LogP contribution in [0.2, 0.25) is 0 Å². The molecule has 0 aromatic carbocycles. The first kappa shape index (κ1) is 14.0. The largest absolute Gasteiger partial charge is 0.362 e. The Morgan fingerprint density at radius 1 is 0.826 bits per heavy atom. The molecule has 2 fully saturated rings. The summed E-state index contributed by atoms with van der Waals surface area (Å²) in [5.74, 6) is 0. The Morgan fingerprint density at radius 2 is 1.61 bits per heavy atom. The van der Waals surface area contributed by atoms with E-state index in [1.165, 1.54) is 54.9 Å². The molecule has 0 radical (unpaired) electrons. The molecule has 0 aromatic rings. The second kappa shape index (κ2) is 5.59. The number of aliphatic imine (C=N–C) groups is 2. The standard InChI is InChI=1S/C19H26N4/c1-3-14-10-16-5-7-18(22-16)19-8-6-17(23-19)11-15-4-2-13(21-15)9-12(1)20-14/h9-10,15,17-20,23H,1-8,11H2/b12-9-,14-10-. The van der Waals surface area contributed by atoms with Gasteiger partial charge in [0.2, 0.25) is 0 Å². The van der Waals surface area contributed by atoms with Crippen LogP contribution in [0, 0.1) is 0 Å². The van der Waals surface area contributed by atoms with Gasteiger partial charge >= 0.3 is 0 Å². The van der Waals surface area contributed by atoms with Gasteiger partial charge in [0.25, 0.3) is 0 Å². The van der Waals surface area contributed by atoms with Crippen LogP contribution in [0.5, 0.6) is 0 Å². The number of nitrogens with one attached hydrogen (secondary N) is 2. The first-order valence-corrected chi connectivity index (χ1v) is 9.39. The minimum Gasteiger partial charge on any atom is -0.362 e. The Hall–Kier alpha value is -1.42. The molecule has 0 spiro atoms. The monoisotopic (exact) mass is 310 g/mol. The van der Waals surface area contributed by atoms with E-state index in [1.54, 1.807) is 0 Å². The summed E-state index contributed by atoms with van der Waals surface area (Å²) in [6.07, 6.45) is 15.4. The highest BCUT2D eigenvalue weighted by molar-refractivity contribution is 5.98. The average Bonchev–Trinajstić information content (AvgIpc) is 3.28. The maximum atomic E-state index is 5.03. The summed E-state index contributed by atoms with van der Waals surface area (Å²) in [4.78, 5) is 10.0. The molecule has 0 amide bonds. The van der Waals surface area contributed by atoms with Crippen LogP contribution in [0.15, 0.2) is 33.5 Å². The fourth-order valence-corrected chi connectivity index (χ4v) is 4.88. The van der Waals surface area contributed by atoms with Crippen LogP contribution in [0.25, 0.3) is 0 Å². The van der Waals surface area contributed by atoms with Gasteiger partial charge in [-0.05, 0) is 69.9 Å². The van der Waals surface area contributed by atoms with Crippen molar-refractivity contribution in [3.63, 3.8) is 0 Å². The molecular weight excluding hydrogens is 284 g/mol. The number of hydrogen-bond acceptors (Lipinski definition) is 4. The molecule has 2 N–H and O–H groups in total. The summed E-state index contributed by atoms with van der Waals surface area (Å²) < 4.78 is 0. The van der Waals surface area contributed by atoms with Crippen LogP contribution >= 0.6 is 0 Å². The average molecular weight is 310 g/mol. The van der Waals surface area contributed by atoms with E-state index in [2.05, 4.69) is 22.8 Å². The zero-order chi connectivity index (χ0) is 15.2. The second-order valence-corrected chi connectivity index (χ2v) is 7.79. The molecular formula is C19H26N4. The van der Waals surface area contributed by atoms with E-state index in [4.69, 9.17) is 9.98 Å². The fourth-order valence-electron chi connectivity index (χ4n) is 4.88. The third-order valence-corrected chi connectivity index (χ3v) is 6.07. The lowest BCUT2D eigenvalue weighted by molar-refractivity contribution is 0.428. The molecule has 2 saturated heterocycles. The molecule has 4 atom stereocenters. The third kappa shape index (κ3) is 2.78. The van der Waals surface area contributed by atoms with Gasteiger partial charge in [-0.15, -0.1) is 0 Å². The zero-order valence-corrected chi connectivity index (χ0v) is 13.7. The number of nitrogens with zero attached hydrogens (tertiary/aromatic N) is 2. The van der Waals surface area contributed by atoms with E-state index >= 15 is 0 Å². The van der Waals surface area contributed by atoms with E-state index < -0.39 is 0 Å². The Balaban J connectivity index is 1.46. The van der Waals surface area contributed by atoms with E-state index in [9.17, 15) is 0 Å². The minimum atomic E-state index is 0.496. The molecule has 8 bridgehead atoms. The highest BCUT2D eigenvalue weighted by atomic mass is 15.1. The van der Waals surface area contributed by atoms with Gasteiger partial charge in [-0.2, -0.15) is 0 Å². The molecule has 122 valence electrons. The van der Waals surface area contributed by atoms with Gasteiger partial charge in [0, 0.05) is 34.9 Å². The van der Waals surface area contributed by atoms with Crippen LogP contribution in [0.1, 0.15) is 57.8 Å². The lowest BCUT2D eigenvalue weighted by Gasteiger charge is -2.19. The van der Waals surface area contributed by atoms with Crippen molar-refractivity contribution in [1.82, 2.24) is 10.6 Å². The van der Waals surface area contributed by atoms with Crippen molar-refractivity contribution in [2.75, 3.05) is 0 Å². The molecule has 0 saturated carbocycles. The molecule has 5 heterocycles. The highest BCUT2D eigenvalue weighted by Crippen LogP contribution is 2.30. The summed E-state index contributed by atoms with van der Waals surface area (Å²) in [5.41, 5.74) is 5.30. The SMILES string of the molecule is C1=C2/CC/C(=C/C3=NC(CC3)C3CCC(CC4CCC/1=N4)N3)N2. The van der Waals surface area contributed by atoms with Gasteiger partial charge in [0.1, 0.15) is 0 Å². The molecule has 4 nitrogen and oxygen atoms in total. The van der Waals surface area contributed by atoms with Crippen molar-refractivity contribution in [2.45, 2.75) is 82.0 Å². The summed E-state index contributed by atoms with van der Waals surface area (Å²) in [6.45, 7) is 0. The van der Waals surface area contributed by atoms with Crippen molar-refractivity contribution < 1.29 is 0 Å². The summed E-state index contributed by atoms with van der Waals surface area (Å²) in [5, 5.41) is 7.48. The number of fused-ring (bicyclic) bond motifs is 7. The maximum Gasteiger partial charge on any atom is 0.0659 e. The Bertz CT molecular complexity index is 627. The van der Waals surface area contributed by atoms with Gasteiger partial charge in [0.05, 0.1) is 12.1 Å².